The number of nitrogens with one attached hydrogen (secondary N) is 1. The lowest BCUT2D eigenvalue weighted by Gasteiger charge is -2.36. The molecule has 2 amide bonds. The number of aliphatic hydroxyl groups excluding tert-OH is 1. The average molecular weight is 310 g/mol. The zero-order valence-corrected chi connectivity index (χ0v) is 13.3. The third-order valence-corrected chi connectivity index (χ3v) is 4.41. The average Bonchev–Trinajstić information content (AvgIpc) is 2.60. The van der Waals surface area contributed by atoms with Crippen LogP contribution >= 0.6 is 0 Å². The second-order valence-corrected chi connectivity index (χ2v) is 5.98. The molecule has 0 spiro atoms. The van der Waals surface area contributed by atoms with Gasteiger partial charge in [0.25, 0.3) is 0 Å². The monoisotopic (exact) mass is 310 g/mol. The van der Waals surface area contributed by atoms with Gasteiger partial charge in [-0.25, -0.2) is 4.79 Å². The Balaban J connectivity index is 1.68. The first kappa shape index (κ1) is 15.6. The summed E-state index contributed by atoms with van der Waals surface area (Å²) in [7, 11) is 0. The van der Waals surface area contributed by atoms with Crippen molar-refractivity contribution in [2.45, 2.75) is 25.9 Å². The number of hydrogen-bond acceptors (Lipinski definition) is 2. The number of nitrogens with zero attached hydrogens (tertiary/aromatic N) is 1. The van der Waals surface area contributed by atoms with E-state index in [0.717, 1.165) is 17.5 Å². The summed E-state index contributed by atoms with van der Waals surface area (Å²) in [6.07, 6.45) is 0.824. The van der Waals surface area contributed by atoms with Gasteiger partial charge in [-0.15, -0.1) is 0 Å². The Bertz CT molecular complexity index is 682. The summed E-state index contributed by atoms with van der Waals surface area (Å²) in [5, 5.41) is 12.7. The van der Waals surface area contributed by atoms with Crippen LogP contribution in [-0.2, 0) is 13.0 Å². The maximum atomic E-state index is 12.5. The third-order valence-electron chi connectivity index (χ3n) is 4.41. The number of carbonyl (C=O) groups excluding carboxylic acids is 1. The zero-order chi connectivity index (χ0) is 16.2. The molecule has 0 radical (unpaired) electrons. The minimum absolute atomic E-state index is 0.0606. The number of fused-ring (bicyclic) bond motifs is 1. The van der Waals surface area contributed by atoms with Crippen molar-refractivity contribution >= 4 is 6.03 Å². The predicted octanol–water partition coefficient (Wildman–Crippen LogP) is 2.80. The van der Waals surface area contributed by atoms with Gasteiger partial charge in [0, 0.05) is 13.1 Å². The van der Waals surface area contributed by atoms with Gasteiger partial charge in [-0.05, 0) is 30.0 Å². The predicted molar refractivity (Wildman–Crippen MR) is 90.1 cm³/mol. The molecule has 2 aromatic rings. The van der Waals surface area contributed by atoms with Crippen molar-refractivity contribution in [2.24, 2.45) is 0 Å². The van der Waals surface area contributed by atoms with Gasteiger partial charge in [0.1, 0.15) is 0 Å². The number of aliphatic hydroxyl groups is 1. The van der Waals surface area contributed by atoms with E-state index >= 15 is 0 Å². The first-order valence-corrected chi connectivity index (χ1v) is 7.97. The Hall–Kier alpha value is -2.33. The molecule has 0 fully saturated rings. The molecule has 2 N–H and O–H groups in total. The summed E-state index contributed by atoms with van der Waals surface area (Å²) in [6.45, 7) is 3.10. The highest BCUT2D eigenvalue weighted by Crippen LogP contribution is 2.29. The molecule has 0 aromatic heterocycles. The van der Waals surface area contributed by atoms with E-state index in [1.54, 1.807) is 4.90 Å². The van der Waals surface area contributed by atoms with Gasteiger partial charge in [0.15, 0.2) is 0 Å². The van der Waals surface area contributed by atoms with Crippen molar-refractivity contribution < 1.29 is 9.90 Å². The van der Waals surface area contributed by atoms with E-state index in [4.69, 9.17) is 0 Å². The Labute approximate surface area is 136 Å². The van der Waals surface area contributed by atoms with Crippen molar-refractivity contribution in [3.05, 3.63) is 70.8 Å². The summed E-state index contributed by atoms with van der Waals surface area (Å²) in [4.78, 5) is 14.3. The van der Waals surface area contributed by atoms with E-state index < -0.39 is 0 Å². The van der Waals surface area contributed by atoms with Crippen LogP contribution in [0.4, 0.5) is 4.79 Å². The Morgan fingerprint density at radius 3 is 2.70 bits per heavy atom. The third kappa shape index (κ3) is 3.37. The minimum atomic E-state index is -0.266. The molecule has 2 aromatic carbocycles. The van der Waals surface area contributed by atoms with Crippen LogP contribution in [0, 0.1) is 6.92 Å². The molecule has 1 unspecified atom stereocenters. The topological polar surface area (TPSA) is 52.6 Å². The van der Waals surface area contributed by atoms with E-state index in [1.807, 2.05) is 49.4 Å². The quantitative estimate of drug-likeness (QED) is 0.916. The molecule has 0 bridgehead atoms. The number of amides is 2. The largest absolute Gasteiger partial charge is 0.394 e. The Kier molecular flexibility index (Phi) is 4.63. The molecule has 23 heavy (non-hydrogen) atoms. The molecule has 4 nitrogen and oxygen atoms in total. The molecule has 120 valence electrons. The highest BCUT2D eigenvalue weighted by molar-refractivity contribution is 5.75. The molecular weight excluding hydrogens is 288 g/mol. The number of urea groups is 1. The molecule has 1 atom stereocenters. The van der Waals surface area contributed by atoms with Crippen LogP contribution in [0.1, 0.15) is 28.3 Å². The van der Waals surface area contributed by atoms with Gasteiger partial charge in [0.2, 0.25) is 0 Å². The second kappa shape index (κ2) is 6.84. The maximum Gasteiger partial charge on any atom is 0.318 e. The first-order valence-electron chi connectivity index (χ1n) is 7.97. The van der Waals surface area contributed by atoms with Gasteiger partial charge in [-0.1, -0.05) is 54.1 Å². The van der Waals surface area contributed by atoms with E-state index in [9.17, 15) is 9.90 Å². The summed E-state index contributed by atoms with van der Waals surface area (Å²) in [5.41, 5.74) is 4.54. The van der Waals surface area contributed by atoms with Gasteiger partial charge < -0.3 is 15.3 Å². The van der Waals surface area contributed by atoms with Crippen LogP contribution in [-0.4, -0.2) is 29.2 Å². The van der Waals surface area contributed by atoms with E-state index in [1.165, 1.54) is 11.1 Å². The molecule has 1 heterocycles. The second-order valence-electron chi connectivity index (χ2n) is 5.98. The number of aryl methyl sites for hydroxylation is 1. The molecular formula is C19H22N2O2. The van der Waals surface area contributed by atoms with Crippen LogP contribution in [0.5, 0.6) is 0 Å². The lowest BCUT2D eigenvalue weighted by molar-refractivity contribution is 0.126. The molecule has 1 aliphatic rings. The first-order chi connectivity index (χ1) is 11.2. The summed E-state index contributed by atoms with van der Waals surface area (Å²) >= 11 is 0. The number of carbonyl (C=O) groups is 1. The molecule has 0 saturated heterocycles. The SMILES string of the molecule is Cc1ccc(CNC(=O)N2CCc3ccccc3C2CO)cc1. The number of benzene rings is 2. The summed E-state index contributed by atoms with van der Waals surface area (Å²) < 4.78 is 0. The zero-order valence-electron chi connectivity index (χ0n) is 13.3. The van der Waals surface area contributed by atoms with Gasteiger partial charge >= 0.3 is 6.03 Å². The van der Waals surface area contributed by atoms with Crippen LogP contribution in [0.2, 0.25) is 0 Å². The standard InChI is InChI=1S/C19H22N2O2/c1-14-6-8-15(9-7-14)12-20-19(23)21-11-10-16-4-2-3-5-17(16)18(21)13-22/h2-9,18,22H,10-13H2,1H3,(H,20,23). The minimum Gasteiger partial charge on any atom is -0.394 e. The van der Waals surface area contributed by atoms with E-state index in [0.29, 0.717) is 13.1 Å². The fourth-order valence-corrected chi connectivity index (χ4v) is 3.08. The lowest BCUT2D eigenvalue weighted by Crippen LogP contribution is -2.46. The highest BCUT2D eigenvalue weighted by atomic mass is 16.3. The van der Waals surface area contributed by atoms with Gasteiger partial charge in [-0.3, -0.25) is 0 Å². The fourth-order valence-electron chi connectivity index (χ4n) is 3.08. The van der Waals surface area contributed by atoms with Crippen molar-refractivity contribution in [1.29, 1.82) is 0 Å². The normalized spacial score (nSPS) is 16.8. The van der Waals surface area contributed by atoms with Crippen molar-refractivity contribution in [3.8, 4) is 0 Å². The lowest BCUT2D eigenvalue weighted by atomic mass is 9.93. The molecule has 0 saturated carbocycles. The highest BCUT2D eigenvalue weighted by Gasteiger charge is 2.29. The van der Waals surface area contributed by atoms with Gasteiger partial charge in [-0.2, -0.15) is 0 Å². The summed E-state index contributed by atoms with van der Waals surface area (Å²) in [6, 6.07) is 15.7. The summed E-state index contributed by atoms with van der Waals surface area (Å²) in [5.74, 6) is 0. The fraction of sp³-hybridized carbons (Fsp3) is 0.316. The van der Waals surface area contributed by atoms with Crippen LogP contribution < -0.4 is 5.32 Å². The van der Waals surface area contributed by atoms with E-state index in [2.05, 4.69) is 11.4 Å². The number of hydrogen-bond donors (Lipinski definition) is 2. The maximum absolute atomic E-state index is 12.5. The smallest absolute Gasteiger partial charge is 0.318 e. The Morgan fingerprint density at radius 1 is 1.22 bits per heavy atom. The van der Waals surface area contributed by atoms with Crippen molar-refractivity contribution in [2.75, 3.05) is 13.2 Å². The molecule has 4 heteroatoms. The molecule has 3 rings (SSSR count). The Morgan fingerprint density at radius 2 is 1.96 bits per heavy atom. The van der Waals surface area contributed by atoms with Crippen LogP contribution in [0.15, 0.2) is 48.5 Å². The van der Waals surface area contributed by atoms with E-state index in [-0.39, 0.29) is 18.7 Å². The van der Waals surface area contributed by atoms with Crippen molar-refractivity contribution in [3.63, 3.8) is 0 Å². The molecule has 0 aliphatic carbocycles. The van der Waals surface area contributed by atoms with Gasteiger partial charge in [0.05, 0.1) is 12.6 Å². The molecule has 1 aliphatic heterocycles. The van der Waals surface area contributed by atoms with Crippen LogP contribution in [0.3, 0.4) is 0 Å². The van der Waals surface area contributed by atoms with Crippen molar-refractivity contribution in [1.82, 2.24) is 10.2 Å². The number of rotatable bonds is 3. The van der Waals surface area contributed by atoms with Crippen LogP contribution in [0.25, 0.3) is 0 Å².